The summed E-state index contributed by atoms with van der Waals surface area (Å²) in [6.07, 6.45) is 3.17. The van der Waals surface area contributed by atoms with E-state index in [-0.39, 0.29) is 17.3 Å². The molecule has 6 heteroatoms. The van der Waals surface area contributed by atoms with E-state index in [0.29, 0.717) is 6.54 Å². The van der Waals surface area contributed by atoms with E-state index in [0.717, 1.165) is 30.8 Å². The molecule has 5 nitrogen and oxygen atoms in total. The SMILES string of the molecule is CC1C(C#N)C12CCN(Cc1ccc(-n3nccn3)cc1)CC2F. The Bertz CT molecular complexity index is 751. The lowest BCUT2D eigenvalue weighted by Gasteiger charge is -2.35. The van der Waals surface area contributed by atoms with E-state index in [9.17, 15) is 9.65 Å². The van der Waals surface area contributed by atoms with Crippen LogP contribution in [0.3, 0.4) is 0 Å². The fraction of sp³-hybridized carbons (Fsp3) is 0.500. The summed E-state index contributed by atoms with van der Waals surface area (Å²) >= 11 is 0. The second-order valence-electron chi connectivity index (χ2n) is 6.95. The number of alkyl halides is 1. The van der Waals surface area contributed by atoms with Crippen molar-refractivity contribution in [2.45, 2.75) is 26.1 Å². The van der Waals surface area contributed by atoms with Crippen molar-refractivity contribution < 1.29 is 4.39 Å². The Hall–Kier alpha value is -2.26. The Morgan fingerprint density at radius 2 is 2.00 bits per heavy atom. The molecule has 1 aromatic carbocycles. The van der Waals surface area contributed by atoms with Gasteiger partial charge >= 0.3 is 0 Å². The zero-order valence-electron chi connectivity index (χ0n) is 13.6. The largest absolute Gasteiger partial charge is 0.296 e. The van der Waals surface area contributed by atoms with E-state index in [2.05, 4.69) is 21.2 Å². The van der Waals surface area contributed by atoms with Crippen LogP contribution in [-0.2, 0) is 6.54 Å². The zero-order chi connectivity index (χ0) is 16.7. The van der Waals surface area contributed by atoms with E-state index >= 15 is 0 Å². The molecule has 124 valence electrons. The quantitative estimate of drug-likeness (QED) is 0.870. The molecule has 4 rings (SSSR count). The lowest BCUT2D eigenvalue weighted by molar-refractivity contribution is 0.0544. The topological polar surface area (TPSA) is 57.7 Å². The summed E-state index contributed by atoms with van der Waals surface area (Å²) in [5, 5.41) is 17.4. The van der Waals surface area contributed by atoms with Gasteiger partial charge in [0.1, 0.15) is 6.17 Å². The number of aromatic nitrogens is 3. The molecule has 0 N–H and O–H groups in total. The van der Waals surface area contributed by atoms with Crippen molar-refractivity contribution >= 4 is 0 Å². The van der Waals surface area contributed by atoms with Gasteiger partial charge in [0, 0.05) is 18.5 Å². The Balaban J connectivity index is 1.40. The molecule has 2 heterocycles. The highest BCUT2D eigenvalue weighted by atomic mass is 19.1. The number of rotatable bonds is 3. The molecular formula is C18H20FN5. The fourth-order valence-electron chi connectivity index (χ4n) is 4.23. The Kier molecular flexibility index (Phi) is 3.61. The van der Waals surface area contributed by atoms with E-state index in [1.54, 1.807) is 17.2 Å². The molecule has 1 saturated heterocycles. The third kappa shape index (κ3) is 2.31. The summed E-state index contributed by atoms with van der Waals surface area (Å²) in [6, 6.07) is 10.3. The highest BCUT2D eigenvalue weighted by molar-refractivity contribution is 5.32. The molecule has 1 saturated carbocycles. The maximum Gasteiger partial charge on any atom is 0.120 e. The number of hydrogen-bond donors (Lipinski definition) is 0. The Labute approximate surface area is 140 Å². The van der Waals surface area contributed by atoms with Crippen LogP contribution in [0.5, 0.6) is 0 Å². The van der Waals surface area contributed by atoms with Crippen molar-refractivity contribution in [2.75, 3.05) is 13.1 Å². The normalized spacial score (nSPS) is 32.6. The first kappa shape index (κ1) is 15.3. The molecule has 1 spiro atoms. The second kappa shape index (κ2) is 5.67. The predicted octanol–water partition coefficient (Wildman–Crippen LogP) is 2.59. The van der Waals surface area contributed by atoms with Crippen LogP contribution in [0, 0.1) is 28.6 Å². The molecule has 4 atom stereocenters. The van der Waals surface area contributed by atoms with Gasteiger partial charge in [0.2, 0.25) is 0 Å². The van der Waals surface area contributed by atoms with E-state index < -0.39 is 6.17 Å². The molecule has 4 unspecified atom stereocenters. The summed E-state index contributed by atoms with van der Waals surface area (Å²) in [7, 11) is 0. The summed E-state index contributed by atoms with van der Waals surface area (Å²) in [5.41, 5.74) is 1.68. The van der Waals surface area contributed by atoms with Gasteiger partial charge in [0.05, 0.1) is 30.1 Å². The lowest BCUT2D eigenvalue weighted by Crippen LogP contribution is -2.43. The average Bonchev–Trinajstić information content (AvgIpc) is 2.94. The minimum absolute atomic E-state index is 0.101. The number of nitriles is 1. The molecule has 0 bridgehead atoms. The van der Waals surface area contributed by atoms with Crippen LogP contribution in [-0.4, -0.2) is 39.2 Å². The van der Waals surface area contributed by atoms with Gasteiger partial charge in [-0.05, 0) is 36.6 Å². The van der Waals surface area contributed by atoms with Crippen LogP contribution >= 0.6 is 0 Å². The van der Waals surface area contributed by atoms with E-state index in [4.69, 9.17) is 0 Å². The van der Waals surface area contributed by atoms with Gasteiger partial charge in [-0.3, -0.25) is 4.90 Å². The van der Waals surface area contributed by atoms with Gasteiger partial charge in [-0.1, -0.05) is 19.1 Å². The maximum atomic E-state index is 14.7. The van der Waals surface area contributed by atoms with Crippen LogP contribution < -0.4 is 0 Å². The van der Waals surface area contributed by atoms with Gasteiger partial charge < -0.3 is 0 Å². The maximum absolute atomic E-state index is 14.7. The van der Waals surface area contributed by atoms with Gasteiger partial charge in [-0.25, -0.2) is 4.39 Å². The number of nitrogens with zero attached hydrogens (tertiary/aromatic N) is 5. The molecule has 0 radical (unpaired) electrons. The molecule has 0 amide bonds. The summed E-state index contributed by atoms with van der Waals surface area (Å²) < 4.78 is 14.7. The highest BCUT2D eigenvalue weighted by Crippen LogP contribution is 2.64. The average molecular weight is 325 g/mol. The zero-order valence-corrected chi connectivity index (χ0v) is 13.6. The molecule has 1 aliphatic heterocycles. The van der Waals surface area contributed by atoms with Gasteiger partial charge in [-0.2, -0.15) is 20.3 Å². The fourth-order valence-corrected chi connectivity index (χ4v) is 4.23. The number of likely N-dealkylation sites (tertiary alicyclic amines) is 1. The van der Waals surface area contributed by atoms with Crippen LogP contribution in [0.2, 0.25) is 0 Å². The lowest BCUT2D eigenvalue weighted by atomic mass is 9.87. The molecule has 2 aromatic rings. The van der Waals surface area contributed by atoms with Crippen LogP contribution in [0.25, 0.3) is 5.69 Å². The third-order valence-electron chi connectivity index (χ3n) is 5.81. The van der Waals surface area contributed by atoms with Crippen molar-refractivity contribution in [3.05, 3.63) is 42.2 Å². The van der Waals surface area contributed by atoms with E-state index in [1.807, 2.05) is 31.2 Å². The summed E-state index contributed by atoms with van der Waals surface area (Å²) in [5.74, 6) is 0.0935. The molecule has 1 aliphatic carbocycles. The number of halogens is 1. The Morgan fingerprint density at radius 3 is 2.58 bits per heavy atom. The molecule has 2 fully saturated rings. The minimum atomic E-state index is -0.904. The molecule has 24 heavy (non-hydrogen) atoms. The number of benzene rings is 1. The number of piperidine rings is 1. The molecule has 1 aromatic heterocycles. The summed E-state index contributed by atoms with van der Waals surface area (Å²) in [6.45, 7) is 4.02. The van der Waals surface area contributed by atoms with E-state index in [1.165, 1.54) is 0 Å². The van der Waals surface area contributed by atoms with Crippen molar-refractivity contribution in [1.82, 2.24) is 19.9 Å². The van der Waals surface area contributed by atoms with Crippen molar-refractivity contribution in [3.63, 3.8) is 0 Å². The van der Waals surface area contributed by atoms with Crippen molar-refractivity contribution in [2.24, 2.45) is 17.3 Å². The monoisotopic (exact) mass is 325 g/mol. The van der Waals surface area contributed by atoms with Gasteiger partial charge in [-0.15, -0.1) is 0 Å². The minimum Gasteiger partial charge on any atom is -0.296 e. The Morgan fingerprint density at radius 1 is 1.29 bits per heavy atom. The molecular weight excluding hydrogens is 305 g/mol. The standard InChI is InChI=1S/C18H20FN5/c1-13-16(10-20)18(13)6-9-23(12-17(18)19)11-14-2-4-15(5-3-14)24-21-7-8-22-24/h2-5,7-8,13,16-17H,6,9,11-12H2,1H3. The predicted molar refractivity (Wildman–Crippen MR) is 86.8 cm³/mol. The van der Waals surface area contributed by atoms with Gasteiger partial charge in [0.15, 0.2) is 0 Å². The van der Waals surface area contributed by atoms with Gasteiger partial charge in [0.25, 0.3) is 0 Å². The molecule has 2 aliphatic rings. The van der Waals surface area contributed by atoms with Crippen LogP contribution in [0.1, 0.15) is 18.9 Å². The smallest absolute Gasteiger partial charge is 0.120 e. The highest BCUT2D eigenvalue weighted by Gasteiger charge is 2.67. The first-order chi connectivity index (χ1) is 11.6. The third-order valence-corrected chi connectivity index (χ3v) is 5.81. The second-order valence-corrected chi connectivity index (χ2v) is 6.95. The van der Waals surface area contributed by atoms with Crippen LogP contribution in [0.4, 0.5) is 4.39 Å². The first-order valence-electron chi connectivity index (χ1n) is 8.37. The summed E-state index contributed by atoms with van der Waals surface area (Å²) in [4.78, 5) is 3.72. The van der Waals surface area contributed by atoms with Crippen molar-refractivity contribution in [1.29, 1.82) is 5.26 Å². The first-order valence-corrected chi connectivity index (χ1v) is 8.37. The number of hydrogen-bond acceptors (Lipinski definition) is 4. The van der Waals surface area contributed by atoms with Crippen LogP contribution in [0.15, 0.2) is 36.7 Å². The van der Waals surface area contributed by atoms with Crippen molar-refractivity contribution in [3.8, 4) is 11.8 Å².